The van der Waals surface area contributed by atoms with E-state index < -0.39 is 0 Å². The zero-order chi connectivity index (χ0) is 14.7. The van der Waals surface area contributed by atoms with Crippen molar-refractivity contribution in [1.29, 1.82) is 0 Å². The molecule has 1 aliphatic carbocycles. The number of aryl methyl sites for hydroxylation is 1. The minimum Gasteiger partial charge on any atom is -0.382 e. The molecule has 0 saturated heterocycles. The average Bonchev–Trinajstić information content (AvgIpc) is 2.36. The van der Waals surface area contributed by atoms with Crippen LogP contribution in [0.5, 0.6) is 0 Å². The molecule has 0 aromatic heterocycles. The van der Waals surface area contributed by atoms with Crippen LogP contribution >= 0.6 is 0 Å². The van der Waals surface area contributed by atoms with Crippen molar-refractivity contribution in [1.82, 2.24) is 0 Å². The monoisotopic (exact) mass is 274 g/mol. The van der Waals surface area contributed by atoms with Gasteiger partial charge in [-0.2, -0.15) is 0 Å². The second-order valence-electron chi connectivity index (χ2n) is 6.36. The van der Waals surface area contributed by atoms with Gasteiger partial charge in [0.15, 0.2) is 0 Å². The van der Waals surface area contributed by atoms with Gasteiger partial charge < -0.3 is 10.6 Å². The van der Waals surface area contributed by atoms with Crippen LogP contribution in [0.1, 0.15) is 45.6 Å². The average molecular weight is 274 g/mol. The second kappa shape index (κ2) is 6.29. The molecule has 3 atom stereocenters. The van der Waals surface area contributed by atoms with E-state index in [2.05, 4.69) is 36.6 Å². The first-order valence-electron chi connectivity index (χ1n) is 7.60. The maximum Gasteiger partial charge on any atom is 0.221 e. The van der Waals surface area contributed by atoms with Gasteiger partial charge in [0.1, 0.15) is 0 Å². The zero-order valence-corrected chi connectivity index (χ0v) is 13.0. The summed E-state index contributed by atoms with van der Waals surface area (Å²) in [5.41, 5.74) is 3.15. The molecule has 1 saturated carbocycles. The van der Waals surface area contributed by atoms with Crippen molar-refractivity contribution in [3.05, 3.63) is 23.8 Å². The van der Waals surface area contributed by atoms with Crippen LogP contribution in [0.15, 0.2) is 18.2 Å². The number of benzene rings is 1. The Morgan fingerprint density at radius 2 is 2.00 bits per heavy atom. The first kappa shape index (κ1) is 14.9. The smallest absolute Gasteiger partial charge is 0.221 e. The molecule has 0 aliphatic heterocycles. The van der Waals surface area contributed by atoms with Crippen LogP contribution in [0.2, 0.25) is 0 Å². The van der Waals surface area contributed by atoms with E-state index in [1.165, 1.54) is 26.2 Å². The van der Waals surface area contributed by atoms with Crippen LogP contribution in [0.4, 0.5) is 11.4 Å². The molecule has 1 aliphatic rings. The summed E-state index contributed by atoms with van der Waals surface area (Å²) < 4.78 is 0. The van der Waals surface area contributed by atoms with Gasteiger partial charge in [-0.1, -0.05) is 13.8 Å². The summed E-state index contributed by atoms with van der Waals surface area (Å²) in [5.74, 6) is 1.55. The van der Waals surface area contributed by atoms with Crippen molar-refractivity contribution >= 4 is 17.3 Å². The molecule has 1 amide bonds. The molecule has 110 valence electrons. The minimum absolute atomic E-state index is 0.0244. The molecule has 1 aromatic carbocycles. The molecule has 1 aromatic rings. The Hall–Kier alpha value is -1.51. The van der Waals surface area contributed by atoms with Crippen molar-refractivity contribution in [2.75, 3.05) is 10.6 Å². The van der Waals surface area contributed by atoms with Gasteiger partial charge >= 0.3 is 0 Å². The predicted octanol–water partition coefficient (Wildman–Crippen LogP) is 4.19. The summed E-state index contributed by atoms with van der Waals surface area (Å²) in [4.78, 5) is 11.1. The largest absolute Gasteiger partial charge is 0.382 e. The van der Waals surface area contributed by atoms with E-state index in [9.17, 15) is 4.79 Å². The lowest BCUT2D eigenvalue weighted by molar-refractivity contribution is -0.114. The van der Waals surface area contributed by atoms with Crippen molar-refractivity contribution in [2.45, 2.75) is 53.0 Å². The van der Waals surface area contributed by atoms with Crippen LogP contribution in [0.25, 0.3) is 0 Å². The van der Waals surface area contributed by atoms with E-state index in [1.54, 1.807) is 0 Å². The SMILES string of the molecule is CC(=O)Nc1ccc(NC2CCC(C)CC2C)cc1C. The summed E-state index contributed by atoms with van der Waals surface area (Å²) in [5, 5.41) is 6.51. The number of amides is 1. The standard InChI is InChI=1S/C17H26N2O/c1-11-5-7-17(12(2)9-11)19-15-6-8-16(13(3)10-15)18-14(4)20/h6,8,10-12,17,19H,5,7,9H2,1-4H3,(H,18,20). The van der Waals surface area contributed by atoms with Crippen LogP contribution in [0, 0.1) is 18.8 Å². The molecule has 1 fully saturated rings. The summed E-state index contributed by atoms with van der Waals surface area (Å²) in [6, 6.07) is 6.73. The van der Waals surface area contributed by atoms with Gasteiger partial charge in [-0.15, -0.1) is 0 Å². The normalized spacial score (nSPS) is 26.1. The van der Waals surface area contributed by atoms with Crippen LogP contribution in [-0.2, 0) is 4.79 Å². The molecule has 0 spiro atoms. The third kappa shape index (κ3) is 3.75. The van der Waals surface area contributed by atoms with Crippen molar-refractivity contribution in [3.8, 4) is 0 Å². The molecule has 0 radical (unpaired) electrons. The molecular formula is C17H26N2O. The Kier molecular flexibility index (Phi) is 4.69. The Morgan fingerprint density at radius 1 is 1.25 bits per heavy atom. The minimum atomic E-state index is -0.0244. The van der Waals surface area contributed by atoms with Gasteiger partial charge in [-0.3, -0.25) is 4.79 Å². The highest BCUT2D eigenvalue weighted by Crippen LogP contribution is 2.31. The number of rotatable bonds is 3. The quantitative estimate of drug-likeness (QED) is 0.867. The lowest BCUT2D eigenvalue weighted by atomic mass is 9.80. The zero-order valence-electron chi connectivity index (χ0n) is 13.0. The first-order chi connectivity index (χ1) is 9.45. The van der Waals surface area contributed by atoms with Crippen molar-refractivity contribution < 1.29 is 4.79 Å². The Balaban J connectivity index is 2.03. The first-order valence-corrected chi connectivity index (χ1v) is 7.60. The predicted molar refractivity (Wildman–Crippen MR) is 85.1 cm³/mol. The van der Waals surface area contributed by atoms with E-state index >= 15 is 0 Å². The molecule has 2 rings (SSSR count). The maximum atomic E-state index is 11.1. The third-order valence-electron chi connectivity index (χ3n) is 4.32. The van der Waals surface area contributed by atoms with E-state index in [0.717, 1.165) is 22.9 Å². The van der Waals surface area contributed by atoms with Gasteiger partial charge in [0.2, 0.25) is 5.91 Å². The Bertz CT molecular complexity index is 484. The van der Waals surface area contributed by atoms with Gasteiger partial charge in [0.05, 0.1) is 0 Å². The fourth-order valence-electron chi connectivity index (χ4n) is 3.18. The third-order valence-corrected chi connectivity index (χ3v) is 4.32. The number of anilines is 2. The summed E-state index contributed by atoms with van der Waals surface area (Å²) in [6.45, 7) is 8.25. The molecule has 20 heavy (non-hydrogen) atoms. The molecule has 3 nitrogen and oxygen atoms in total. The van der Waals surface area contributed by atoms with Crippen LogP contribution < -0.4 is 10.6 Å². The Morgan fingerprint density at radius 3 is 2.60 bits per heavy atom. The van der Waals surface area contributed by atoms with Crippen molar-refractivity contribution in [2.24, 2.45) is 11.8 Å². The van der Waals surface area contributed by atoms with E-state index in [1.807, 2.05) is 13.0 Å². The lowest BCUT2D eigenvalue weighted by Gasteiger charge is -2.34. The van der Waals surface area contributed by atoms with Gasteiger partial charge in [-0.05, 0) is 61.8 Å². The van der Waals surface area contributed by atoms with Crippen molar-refractivity contribution in [3.63, 3.8) is 0 Å². The van der Waals surface area contributed by atoms with E-state index in [0.29, 0.717) is 12.0 Å². The topological polar surface area (TPSA) is 41.1 Å². The fourth-order valence-corrected chi connectivity index (χ4v) is 3.18. The number of carbonyl (C=O) groups is 1. The van der Waals surface area contributed by atoms with E-state index in [-0.39, 0.29) is 5.91 Å². The summed E-state index contributed by atoms with van der Waals surface area (Å²) >= 11 is 0. The molecular weight excluding hydrogens is 248 g/mol. The highest BCUT2D eigenvalue weighted by molar-refractivity contribution is 5.89. The number of carbonyl (C=O) groups excluding carboxylic acids is 1. The fraction of sp³-hybridized carbons (Fsp3) is 0.588. The van der Waals surface area contributed by atoms with Gasteiger partial charge in [0, 0.05) is 24.3 Å². The summed E-state index contributed by atoms with van der Waals surface area (Å²) in [6.07, 6.45) is 3.86. The molecule has 0 heterocycles. The number of hydrogen-bond acceptors (Lipinski definition) is 2. The van der Waals surface area contributed by atoms with Gasteiger partial charge in [-0.25, -0.2) is 0 Å². The molecule has 3 heteroatoms. The van der Waals surface area contributed by atoms with Crippen LogP contribution in [0.3, 0.4) is 0 Å². The van der Waals surface area contributed by atoms with Crippen LogP contribution in [-0.4, -0.2) is 11.9 Å². The maximum absolute atomic E-state index is 11.1. The highest BCUT2D eigenvalue weighted by Gasteiger charge is 2.25. The number of nitrogens with one attached hydrogen (secondary N) is 2. The lowest BCUT2D eigenvalue weighted by Crippen LogP contribution is -2.33. The van der Waals surface area contributed by atoms with Gasteiger partial charge in [0.25, 0.3) is 0 Å². The number of hydrogen-bond donors (Lipinski definition) is 2. The molecule has 0 bridgehead atoms. The second-order valence-corrected chi connectivity index (χ2v) is 6.36. The molecule has 2 N–H and O–H groups in total. The molecule has 3 unspecified atom stereocenters. The Labute approximate surface area is 122 Å². The van der Waals surface area contributed by atoms with E-state index in [4.69, 9.17) is 0 Å². The highest BCUT2D eigenvalue weighted by atomic mass is 16.1. The summed E-state index contributed by atoms with van der Waals surface area (Å²) in [7, 11) is 0.